The van der Waals surface area contributed by atoms with Crippen LogP contribution in [0.3, 0.4) is 0 Å². The molecular weight excluding hydrogens is 381 g/mol. The summed E-state index contributed by atoms with van der Waals surface area (Å²) < 4.78 is 15.2. The number of nitrogens with one attached hydrogen (secondary N) is 1. The fourth-order valence-corrected chi connectivity index (χ4v) is 3.93. The van der Waals surface area contributed by atoms with Crippen molar-refractivity contribution >= 4 is 11.0 Å². The lowest BCUT2D eigenvalue weighted by Crippen LogP contribution is -2.25. The van der Waals surface area contributed by atoms with Gasteiger partial charge in [0.25, 0.3) is 11.1 Å². The minimum Gasteiger partial charge on any atom is -0.338 e. The fourth-order valence-electron chi connectivity index (χ4n) is 3.93. The first kappa shape index (κ1) is 20.0. The van der Waals surface area contributed by atoms with E-state index in [4.69, 9.17) is 0 Å². The van der Waals surface area contributed by atoms with Crippen molar-refractivity contribution in [2.45, 2.75) is 45.6 Å². The molecule has 1 atom stereocenters. The van der Waals surface area contributed by atoms with Gasteiger partial charge in [0, 0.05) is 12.6 Å². The van der Waals surface area contributed by atoms with Crippen LogP contribution in [0.25, 0.3) is 22.4 Å². The SMILES string of the molecule is CCCc1ccc2c(c1)nc1c(=O)[nH]c(=O)cc-1n2CCC(C)c1ccc(F)cc1. The Kier molecular flexibility index (Phi) is 5.48. The predicted octanol–water partition coefficient (Wildman–Crippen LogP) is 4.48. The van der Waals surface area contributed by atoms with Gasteiger partial charge in [0.1, 0.15) is 5.82 Å². The van der Waals surface area contributed by atoms with Crippen LogP contribution in [0.1, 0.15) is 43.7 Å². The number of aromatic amines is 1. The molecule has 0 saturated carbocycles. The van der Waals surface area contributed by atoms with Gasteiger partial charge in [0.2, 0.25) is 0 Å². The second-order valence-corrected chi connectivity index (χ2v) is 7.77. The number of aromatic nitrogens is 3. The van der Waals surface area contributed by atoms with Gasteiger partial charge in [-0.3, -0.25) is 14.6 Å². The van der Waals surface area contributed by atoms with Crippen molar-refractivity contribution in [1.82, 2.24) is 14.5 Å². The molecule has 0 radical (unpaired) electrons. The van der Waals surface area contributed by atoms with E-state index in [2.05, 4.69) is 29.9 Å². The van der Waals surface area contributed by atoms with E-state index in [0.29, 0.717) is 12.2 Å². The van der Waals surface area contributed by atoms with Gasteiger partial charge in [-0.05, 0) is 54.2 Å². The van der Waals surface area contributed by atoms with Crippen molar-refractivity contribution in [2.75, 3.05) is 0 Å². The number of halogens is 1. The first-order valence-electron chi connectivity index (χ1n) is 10.3. The molecule has 1 unspecified atom stereocenters. The van der Waals surface area contributed by atoms with Crippen molar-refractivity contribution in [3.05, 3.63) is 86.2 Å². The Hall–Kier alpha value is -3.28. The van der Waals surface area contributed by atoms with Crippen molar-refractivity contribution in [3.8, 4) is 11.4 Å². The summed E-state index contributed by atoms with van der Waals surface area (Å²) >= 11 is 0. The second-order valence-electron chi connectivity index (χ2n) is 7.77. The van der Waals surface area contributed by atoms with E-state index < -0.39 is 11.1 Å². The molecule has 6 heteroatoms. The summed E-state index contributed by atoms with van der Waals surface area (Å²) in [5.41, 5.74) is 3.74. The van der Waals surface area contributed by atoms with E-state index in [1.165, 1.54) is 23.8 Å². The smallest absolute Gasteiger partial charge is 0.278 e. The molecule has 1 N–H and O–H groups in total. The summed E-state index contributed by atoms with van der Waals surface area (Å²) in [6.07, 6.45) is 2.73. The summed E-state index contributed by atoms with van der Waals surface area (Å²) in [6.45, 7) is 4.81. The van der Waals surface area contributed by atoms with Crippen LogP contribution in [-0.2, 0) is 13.0 Å². The van der Waals surface area contributed by atoms with Gasteiger partial charge >= 0.3 is 0 Å². The molecule has 0 amide bonds. The average Bonchev–Trinajstić information content (AvgIpc) is 2.72. The van der Waals surface area contributed by atoms with Crippen molar-refractivity contribution in [2.24, 2.45) is 0 Å². The summed E-state index contributed by atoms with van der Waals surface area (Å²) in [7, 11) is 0. The maximum Gasteiger partial charge on any atom is 0.278 e. The summed E-state index contributed by atoms with van der Waals surface area (Å²) in [4.78, 5) is 31.3. The number of nitrogens with zero attached hydrogens (tertiary/aromatic N) is 2. The molecule has 2 aliphatic heterocycles. The van der Waals surface area contributed by atoms with Crippen LogP contribution in [0, 0.1) is 5.82 Å². The van der Waals surface area contributed by atoms with Gasteiger partial charge in [-0.15, -0.1) is 0 Å². The van der Waals surface area contributed by atoms with Gasteiger partial charge in [0.15, 0.2) is 5.69 Å². The van der Waals surface area contributed by atoms with Crippen LogP contribution in [-0.4, -0.2) is 14.5 Å². The van der Waals surface area contributed by atoms with Crippen molar-refractivity contribution in [3.63, 3.8) is 0 Å². The zero-order valence-corrected chi connectivity index (χ0v) is 17.1. The summed E-state index contributed by atoms with van der Waals surface area (Å²) in [5, 5.41) is 0. The standard InChI is InChI=1S/C24H24FN3O2/c1-3-4-16-5-10-20-19(13-16)26-23-21(14-22(29)27-24(23)30)28(20)12-11-15(2)17-6-8-18(25)9-7-17/h5-10,13-15H,3-4,11-12H2,1-2H3,(H,27,29,30). The number of hydrogen-bond acceptors (Lipinski definition) is 3. The molecule has 2 aliphatic rings. The van der Waals surface area contributed by atoms with Crippen LogP contribution in [0.4, 0.5) is 4.39 Å². The highest BCUT2D eigenvalue weighted by atomic mass is 19.1. The predicted molar refractivity (Wildman–Crippen MR) is 117 cm³/mol. The van der Waals surface area contributed by atoms with Gasteiger partial charge in [0.05, 0.1) is 16.7 Å². The number of hydrogen-bond donors (Lipinski definition) is 1. The van der Waals surface area contributed by atoms with Crippen molar-refractivity contribution in [1.29, 1.82) is 0 Å². The number of aryl methyl sites for hydroxylation is 2. The van der Waals surface area contributed by atoms with E-state index in [-0.39, 0.29) is 17.4 Å². The molecule has 0 aliphatic carbocycles. The molecular formula is C24H24FN3O2. The molecule has 5 nitrogen and oxygen atoms in total. The third-order valence-corrected chi connectivity index (χ3v) is 5.58. The zero-order chi connectivity index (χ0) is 21.3. The second kappa shape index (κ2) is 8.22. The summed E-state index contributed by atoms with van der Waals surface area (Å²) in [6, 6.07) is 14.1. The number of pyridine rings is 1. The minimum atomic E-state index is -0.472. The Morgan fingerprint density at radius 3 is 2.60 bits per heavy atom. The molecule has 2 heterocycles. The molecule has 0 saturated heterocycles. The Labute approximate surface area is 173 Å². The molecule has 0 fully saturated rings. The Bertz CT molecular complexity index is 1270. The molecule has 0 spiro atoms. The van der Waals surface area contributed by atoms with Gasteiger partial charge < -0.3 is 4.57 Å². The number of benzene rings is 2. The maximum atomic E-state index is 13.2. The number of H-pyrrole nitrogens is 1. The number of rotatable bonds is 6. The van der Waals surface area contributed by atoms with Gasteiger partial charge in [-0.25, -0.2) is 9.37 Å². The van der Waals surface area contributed by atoms with Crippen LogP contribution in [0.15, 0.2) is 58.1 Å². The third-order valence-electron chi connectivity index (χ3n) is 5.58. The Morgan fingerprint density at radius 1 is 1.10 bits per heavy atom. The molecule has 2 aromatic rings. The van der Waals surface area contributed by atoms with Crippen LogP contribution in [0.2, 0.25) is 0 Å². The molecule has 0 bridgehead atoms. The normalized spacial score (nSPS) is 12.5. The molecule has 2 aromatic carbocycles. The number of fused-ring (bicyclic) bond motifs is 2. The van der Waals surface area contributed by atoms with Crippen LogP contribution >= 0.6 is 0 Å². The molecule has 0 aromatic heterocycles. The third kappa shape index (κ3) is 3.90. The Morgan fingerprint density at radius 2 is 1.87 bits per heavy atom. The molecule has 154 valence electrons. The first-order valence-corrected chi connectivity index (χ1v) is 10.3. The van der Waals surface area contributed by atoms with Crippen molar-refractivity contribution < 1.29 is 4.39 Å². The lowest BCUT2D eigenvalue weighted by molar-refractivity contribution is 0.584. The summed E-state index contributed by atoms with van der Waals surface area (Å²) in [5.74, 6) is -0.0685. The zero-order valence-electron chi connectivity index (χ0n) is 17.1. The highest BCUT2D eigenvalue weighted by Gasteiger charge is 2.18. The van der Waals surface area contributed by atoms with E-state index in [1.54, 1.807) is 12.1 Å². The lowest BCUT2D eigenvalue weighted by atomic mass is 9.97. The van der Waals surface area contributed by atoms with Crippen LogP contribution < -0.4 is 11.1 Å². The van der Waals surface area contributed by atoms with E-state index in [1.807, 2.05) is 16.7 Å². The van der Waals surface area contributed by atoms with E-state index in [9.17, 15) is 14.0 Å². The molecule has 4 rings (SSSR count). The highest BCUT2D eigenvalue weighted by molar-refractivity contribution is 5.80. The first-order chi connectivity index (χ1) is 14.5. The average molecular weight is 405 g/mol. The minimum absolute atomic E-state index is 0.185. The quantitative estimate of drug-likeness (QED) is 0.481. The van der Waals surface area contributed by atoms with Gasteiger partial charge in [-0.2, -0.15) is 0 Å². The lowest BCUT2D eigenvalue weighted by Gasteiger charge is -2.20. The molecule has 30 heavy (non-hydrogen) atoms. The van der Waals surface area contributed by atoms with Gasteiger partial charge in [-0.1, -0.05) is 38.5 Å². The monoisotopic (exact) mass is 405 g/mol. The van der Waals surface area contributed by atoms with Crippen LogP contribution in [0.5, 0.6) is 0 Å². The maximum absolute atomic E-state index is 13.2. The van der Waals surface area contributed by atoms with E-state index in [0.717, 1.165) is 35.9 Å². The fraction of sp³-hybridized carbons (Fsp3) is 0.292. The largest absolute Gasteiger partial charge is 0.338 e. The topological polar surface area (TPSA) is 67.8 Å². The van der Waals surface area contributed by atoms with E-state index >= 15 is 0 Å². The highest BCUT2D eigenvalue weighted by Crippen LogP contribution is 2.26. The Balaban J connectivity index is 1.79.